The molecule has 88 valence electrons. The van der Waals surface area contributed by atoms with Gasteiger partial charge in [0.2, 0.25) is 5.91 Å². The summed E-state index contributed by atoms with van der Waals surface area (Å²) in [5.74, 6) is 0.105. The van der Waals surface area contributed by atoms with Crippen LogP contribution in [-0.2, 0) is 4.79 Å². The van der Waals surface area contributed by atoms with Crippen LogP contribution in [0.15, 0.2) is 0 Å². The van der Waals surface area contributed by atoms with Gasteiger partial charge in [0.1, 0.15) is 0 Å². The van der Waals surface area contributed by atoms with Crippen LogP contribution in [0.3, 0.4) is 0 Å². The highest BCUT2D eigenvalue weighted by molar-refractivity contribution is 5.85. The monoisotopic (exact) mass is 233 g/mol. The molecule has 3 N–H and O–H groups in total. The van der Waals surface area contributed by atoms with Gasteiger partial charge in [-0.3, -0.25) is 4.79 Å². The SMILES string of the molecule is C[C@H](N)C(=O)N1CCC2(CCNC2)C1.Cl. The molecule has 2 heterocycles. The second-order valence-corrected chi connectivity index (χ2v) is 4.73. The maximum atomic E-state index is 11.7. The van der Waals surface area contributed by atoms with Crippen molar-refractivity contribution < 1.29 is 4.79 Å². The molecule has 0 aromatic heterocycles. The van der Waals surface area contributed by atoms with Gasteiger partial charge >= 0.3 is 0 Å². The predicted molar refractivity (Wildman–Crippen MR) is 62.0 cm³/mol. The van der Waals surface area contributed by atoms with Gasteiger partial charge in [-0.05, 0) is 26.3 Å². The second kappa shape index (κ2) is 4.68. The number of nitrogens with one attached hydrogen (secondary N) is 1. The van der Waals surface area contributed by atoms with Gasteiger partial charge in [-0.1, -0.05) is 0 Å². The summed E-state index contributed by atoms with van der Waals surface area (Å²) < 4.78 is 0. The van der Waals surface area contributed by atoms with Crippen LogP contribution in [0, 0.1) is 5.41 Å². The third kappa shape index (κ3) is 2.44. The van der Waals surface area contributed by atoms with E-state index >= 15 is 0 Å². The van der Waals surface area contributed by atoms with Gasteiger partial charge in [0.15, 0.2) is 0 Å². The molecule has 0 bridgehead atoms. The van der Waals surface area contributed by atoms with Crippen molar-refractivity contribution in [1.82, 2.24) is 10.2 Å². The summed E-state index contributed by atoms with van der Waals surface area (Å²) in [6.07, 6.45) is 2.34. The number of nitrogens with two attached hydrogens (primary N) is 1. The van der Waals surface area contributed by atoms with Crippen LogP contribution in [0.2, 0.25) is 0 Å². The summed E-state index contributed by atoms with van der Waals surface area (Å²) >= 11 is 0. The Morgan fingerprint density at radius 1 is 1.53 bits per heavy atom. The van der Waals surface area contributed by atoms with Crippen LogP contribution in [0.1, 0.15) is 19.8 Å². The Morgan fingerprint density at radius 3 is 2.80 bits per heavy atom. The molecule has 2 aliphatic heterocycles. The molecule has 0 aromatic rings. The third-order valence-electron chi connectivity index (χ3n) is 3.47. The van der Waals surface area contributed by atoms with E-state index in [1.165, 1.54) is 6.42 Å². The molecule has 0 aromatic carbocycles. The molecule has 4 nitrogen and oxygen atoms in total. The first-order valence-electron chi connectivity index (χ1n) is 5.38. The lowest BCUT2D eigenvalue weighted by molar-refractivity contribution is -0.131. The maximum Gasteiger partial charge on any atom is 0.239 e. The molecule has 0 saturated carbocycles. The Balaban J connectivity index is 0.00000112. The van der Waals surface area contributed by atoms with Crippen LogP contribution in [-0.4, -0.2) is 43.0 Å². The maximum absolute atomic E-state index is 11.7. The van der Waals surface area contributed by atoms with Crippen molar-refractivity contribution in [1.29, 1.82) is 0 Å². The van der Waals surface area contributed by atoms with Crippen molar-refractivity contribution >= 4 is 18.3 Å². The van der Waals surface area contributed by atoms with E-state index in [-0.39, 0.29) is 24.4 Å². The number of amides is 1. The number of likely N-dealkylation sites (tertiary alicyclic amines) is 1. The number of rotatable bonds is 1. The average molecular weight is 234 g/mol. The quantitative estimate of drug-likeness (QED) is 0.669. The van der Waals surface area contributed by atoms with Crippen molar-refractivity contribution in [3.8, 4) is 0 Å². The average Bonchev–Trinajstić information content (AvgIpc) is 2.76. The van der Waals surface area contributed by atoms with Crippen molar-refractivity contribution in [3.05, 3.63) is 0 Å². The Morgan fingerprint density at radius 2 is 2.27 bits per heavy atom. The van der Waals surface area contributed by atoms with Crippen LogP contribution < -0.4 is 11.1 Å². The first-order valence-corrected chi connectivity index (χ1v) is 5.38. The minimum Gasteiger partial charge on any atom is -0.341 e. The minimum absolute atomic E-state index is 0. The van der Waals surface area contributed by atoms with Gasteiger partial charge in [0.25, 0.3) is 0 Å². The molecule has 2 saturated heterocycles. The lowest BCUT2D eigenvalue weighted by atomic mass is 9.86. The number of halogens is 1. The minimum atomic E-state index is -0.348. The molecule has 2 atom stereocenters. The van der Waals surface area contributed by atoms with Crippen LogP contribution in [0.5, 0.6) is 0 Å². The summed E-state index contributed by atoms with van der Waals surface area (Å²) in [7, 11) is 0. The van der Waals surface area contributed by atoms with Crippen molar-refractivity contribution in [3.63, 3.8) is 0 Å². The van der Waals surface area contributed by atoms with Gasteiger partial charge in [0, 0.05) is 25.0 Å². The van der Waals surface area contributed by atoms with E-state index in [4.69, 9.17) is 5.73 Å². The van der Waals surface area contributed by atoms with E-state index in [0.717, 1.165) is 32.6 Å². The molecule has 2 fully saturated rings. The molecule has 2 aliphatic rings. The van der Waals surface area contributed by atoms with Crippen LogP contribution in [0.4, 0.5) is 0 Å². The Hall–Kier alpha value is -0.320. The molecule has 1 unspecified atom stereocenters. The summed E-state index contributed by atoms with van der Waals surface area (Å²) in [5, 5.41) is 3.37. The molecule has 15 heavy (non-hydrogen) atoms. The van der Waals surface area contributed by atoms with Gasteiger partial charge in [0.05, 0.1) is 6.04 Å². The van der Waals surface area contributed by atoms with Gasteiger partial charge < -0.3 is 16.0 Å². The lowest BCUT2D eigenvalue weighted by Crippen LogP contribution is -2.42. The molecule has 5 heteroatoms. The van der Waals surface area contributed by atoms with E-state index in [0.29, 0.717) is 5.41 Å². The molecule has 1 spiro atoms. The number of nitrogens with zero attached hydrogens (tertiary/aromatic N) is 1. The van der Waals surface area contributed by atoms with Crippen molar-refractivity contribution in [2.45, 2.75) is 25.8 Å². The third-order valence-corrected chi connectivity index (χ3v) is 3.47. The molecule has 2 rings (SSSR count). The van der Waals surface area contributed by atoms with E-state index in [2.05, 4.69) is 5.32 Å². The van der Waals surface area contributed by atoms with Crippen molar-refractivity contribution in [2.24, 2.45) is 11.1 Å². The highest BCUT2D eigenvalue weighted by Gasteiger charge is 2.42. The standard InChI is InChI=1S/C10H19N3O.ClH/c1-8(11)9(14)13-5-3-10(7-13)2-4-12-6-10;/h8,12H,2-7,11H2,1H3;1H/t8-,10?;/m0./s1. The van der Waals surface area contributed by atoms with Gasteiger partial charge in [-0.15, -0.1) is 12.4 Å². The smallest absolute Gasteiger partial charge is 0.239 e. The van der Waals surface area contributed by atoms with E-state index in [9.17, 15) is 4.79 Å². The predicted octanol–water partition coefficient (Wildman–Crippen LogP) is -0.0326. The molecule has 1 amide bonds. The zero-order chi connectivity index (χ0) is 10.2. The van der Waals surface area contributed by atoms with Crippen LogP contribution >= 0.6 is 12.4 Å². The zero-order valence-corrected chi connectivity index (χ0v) is 9.98. The van der Waals surface area contributed by atoms with Gasteiger partial charge in [-0.25, -0.2) is 0 Å². The Labute approximate surface area is 97.0 Å². The lowest BCUT2D eigenvalue weighted by Gasteiger charge is -2.23. The number of carbonyl (C=O) groups is 1. The Bertz CT molecular complexity index is 239. The highest BCUT2D eigenvalue weighted by atomic mass is 35.5. The van der Waals surface area contributed by atoms with Gasteiger partial charge in [-0.2, -0.15) is 0 Å². The summed E-state index contributed by atoms with van der Waals surface area (Å²) in [5.41, 5.74) is 5.96. The Kier molecular flexibility index (Phi) is 3.98. The number of carbonyl (C=O) groups excluding carboxylic acids is 1. The fourth-order valence-corrected chi connectivity index (χ4v) is 2.56. The van der Waals surface area contributed by atoms with E-state index in [1.807, 2.05) is 4.90 Å². The van der Waals surface area contributed by atoms with E-state index in [1.54, 1.807) is 6.92 Å². The summed E-state index contributed by atoms with van der Waals surface area (Å²) in [6.45, 7) is 5.72. The van der Waals surface area contributed by atoms with E-state index < -0.39 is 0 Å². The topological polar surface area (TPSA) is 58.4 Å². The fourth-order valence-electron chi connectivity index (χ4n) is 2.56. The first-order chi connectivity index (χ1) is 6.63. The summed E-state index contributed by atoms with van der Waals surface area (Å²) in [6, 6.07) is -0.348. The summed E-state index contributed by atoms with van der Waals surface area (Å²) in [4.78, 5) is 13.6. The molecule has 0 aliphatic carbocycles. The second-order valence-electron chi connectivity index (χ2n) is 4.73. The molecule has 0 radical (unpaired) electrons. The van der Waals surface area contributed by atoms with Crippen LogP contribution in [0.25, 0.3) is 0 Å². The first kappa shape index (κ1) is 12.7. The number of hydrogen-bond acceptors (Lipinski definition) is 3. The zero-order valence-electron chi connectivity index (χ0n) is 9.16. The number of hydrogen-bond donors (Lipinski definition) is 2. The highest BCUT2D eigenvalue weighted by Crippen LogP contribution is 2.35. The normalized spacial score (nSPS) is 31.7. The molecular weight excluding hydrogens is 214 g/mol. The fraction of sp³-hybridized carbons (Fsp3) is 0.900. The molecular formula is C10H20ClN3O. The largest absolute Gasteiger partial charge is 0.341 e. The van der Waals surface area contributed by atoms with Crippen molar-refractivity contribution in [2.75, 3.05) is 26.2 Å².